The van der Waals surface area contributed by atoms with Gasteiger partial charge >= 0.3 is 5.97 Å². The van der Waals surface area contributed by atoms with Gasteiger partial charge < -0.3 is 24.5 Å². The average Bonchev–Trinajstić information content (AvgIpc) is 3.38. The molecule has 2 heterocycles. The SMILES string of the molecule is CCOC(=O)C1=C(C)NC(=S)N[C@H]1c1ccccc1OCC(=O)NN=Cc1ccc(-c2ccc(Cl)c(Cl)c2)o1. The Labute approximate surface area is 240 Å². The summed E-state index contributed by atoms with van der Waals surface area (Å²) in [5.41, 5.74) is 4.71. The highest BCUT2D eigenvalue weighted by Crippen LogP contribution is 2.33. The molecular weight excluding hydrogens is 563 g/mol. The molecule has 0 spiro atoms. The van der Waals surface area contributed by atoms with E-state index < -0.39 is 17.9 Å². The molecule has 1 amide bonds. The summed E-state index contributed by atoms with van der Waals surface area (Å²) in [6.07, 6.45) is 1.37. The van der Waals surface area contributed by atoms with Crippen molar-refractivity contribution < 1.29 is 23.5 Å². The number of esters is 1. The number of carbonyl (C=O) groups is 2. The van der Waals surface area contributed by atoms with Gasteiger partial charge in [-0.3, -0.25) is 4.79 Å². The minimum absolute atomic E-state index is 0.223. The van der Waals surface area contributed by atoms with Gasteiger partial charge in [0, 0.05) is 16.8 Å². The second kappa shape index (κ2) is 12.8. The summed E-state index contributed by atoms with van der Waals surface area (Å²) < 4.78 is 16.7. The zero-order valence-corrected chi connectivity index (χ0v) is 23.2. The van der Waals surface area contributed by atoms with Gasteiger partial charge in [0.2, 0.25) is 0 Å². The van der Waals surface area contributed by atoms with Crippen molar-refractivity contribution in [2.75, 3.05) is 13.2 Å². The fourth-order valence-corrected chi connectivity index (χ4v) is 4.40. The third-order valence-corrected chi connectivity index (χ3v) is 6.52. The number of hydrazone groups is 1. The molecule has 12 heteroatoms. The van der Waals surface area contributed by atoms with Crippen molar-refractivity contribution in [3.8, 4) is 17.1 Å². The summed E-state index contributed by atoms with van der Waals surface area (Å²) in [5, 5.41) is 11.2. The molecule has 0 radical (unpaired) electrons. The maximum Gasteiger partial charge on any atom is 0.338 e. The molecule has 9 nitrogen and oxygen atoms in total. The van der Waals surface area contributed by atoms with Crippen LogP contribution in [0.2, 0.25) is 10.0 Å². The Hall–Kier alpha value is -3.86. The quantitative estimate of drug-likeness (QED) is 0.137. The topological polar surface area (TPSA) is 114 Å². The van der Waals surface area contributed by atoms with Crippen LogP contribution < -0.4 is 20.8 Å². The molecule has 1 aliphatic heterocycles. The molecule has 39 heavy (non-hydrogen) atoms. The highest BCUT2D eigenvalue weighted by atomic mass is 35.5. The van der Waals surface area contributed by atoms with Crippen LogP contribution in [0.5, 0.6) is 5.75 Å². The molecule has 0 aliphatic carbocycles. The van der Waals surface area contributed by atoms with E-state index in [9.17, 15) is 9.59 Å². The van der Waals surface area contributed by atoms with Crippen molar-refractivity contribution in [1.82, 2.24) is 16.1 Å². The fourth-order valence-electron chi connectivity index (χ4n) is 3.83. The number of furan rings is 1. The second-order valence-electron chi connectivity index (χ2n) is 8.24. The first-order chi connectivity index (χ1) is 18.8. The second-order valence-corrected chi connectivity index (χ2v) is 9.46. The largest absolute Gasteiger partial charge is 0.483 e. The molecule has 0 saturated carbocycles. The molecule has 1 aromatic heterocycles. The van der Waals surface area contributed by atoms with Crippen LogP contribution in [-0.2, 0) is 14.3 Å². The zero-order valence-electron chi connectivity index (χ0n) is 20.9. The number of carbonyl (C=O) groups excluding carboxylic acids is 2. The number of rotatable bonds is 9. The van der Waals surface area contributed by atoms with Crippen molar-refractivity contribution in [1.29, 1.82) is 0 Å². The number of amides is 1. The fraction of sp³-hybridized carbons (Fsp3) is 0.185. The predicted octanol–water partition coefficient (Wildman–Crippen LogP) is 5.14. The van der Waals surface area contributed by atoms with E-state index in [1.165, 1.54) is 6.21 Å². The van der Waals surface area contributed by atoms with E-state index in [4.69, 9.17) is 49.3 Å². The molecule has 3 aromatic rings. The van der Waals surface area contributed by atoms with Gasteiger partial charge in [-0.2, -0.15) is 5.10 Å². The maximum absolute atomic E-state index is 12.7. The first kappa shape index (κ1) is 28.2. The van der Waals surface area contributed by atoms with Crippen LogP contribution in [0.25, 0.3) is 11.3 Å². The van der Waals surface area contributed by atoms with Gasteiger partial charge in [-0.15, -0.1) is 0 Å². The van der Waals surface area contributed by atoms with Crippen molar-refractivity contribution in [3.05, 3.63) is 87.2 Å². The Morgan fingerprint density at radius 2 is 1.95 bits per heavy atom. The van der Waals surface area contributed by atoms with Crippen LogP contribution in [0.15, 0.2) is 75.4 Å². The molecule has 4 rings (SSSR count). The first-order valence-corrected chi connectivity index (χ1v) is 13.0. The van der Waals surface area contributed by atoms with Crippen molar-refractivity contribution in [2.45, 2.75) is 19.9 Å². The number of hydrogen-bond acceptors (Lipinski definition) is 7. The van der Waals surface area contributed by atoms with Crippen LogP contribution in [0.1, 0.15) is 31.2 Å². The van der Waals surface area contributed by atoms with Crippen LogP contribution >= 0.6 is 35.4 Å². The van der Waals surface area contributed by atoms with E-state index in [-0.39, 0.29) is 13.2 Å². The number of ether oxygens (including phenoxy) is 2. The molecule has 0 saturated heterocycles. The Morgan fingerprint density at radius 1 is 1.15 bits per heavy atom. The van der Waals surface area contributed by atoms with Gasteiger partial charge in [0.1, 0.15) is 17.3 Å². The monoisotopic (exact) mass is 586 g/mol. The van der Waals surface area contributed by atoms with Gasteiger partial charge in [-0.05, 0) is 62.5 Å². The molecular formula is C27H24Cl2N4O5S. The number of nitrogens with one attached hydrogen (secondary N) is 3. The molecule has 0 unspecified atom stereocenters. The third kappa shape index (κ3) is 6.97. The molecule has 0 fully saturated rings. The minimum Gasteiger partial charge on any atom is -0.483 e. The molecule has 202 valence electrons. The van der Waals surface area contributed by atoms with Crippen LogP contribution in [0, 0.1) is 0 Å². The standard InChI is InChI=1S/C27H24Cl2N4O5S/c1-3-36-26(35)24-15(2)31-27(39)32-25(24)18-6-4-5-7-22(18)37-14-23(34)33-30-13-17-9-11-21(38-17)16-8-10-19(28)20(29)12-16/h4-13,25H,3,14H2,1-2H3,(H,33,34)(H2,31,32,39)/t25-/m0/s1. The van der Waals surface area contributed by atoms with Crippen LogP contribution in [-0.4, -0.2) is 36.4 Å². The zero-order chi connectivity index (χ0) is 27.9. The van der Waals surface area contributed by atoms with Gasteiger partial charge in [-0.1, -0.05) is 41.4 Å². The van der Waals surface area contributed by atoms with Crippen LogP contribution in [0.3, 0.4) is 0 Å². The lowest BCUT2D eigenvalue weighted by atomic mass is 9.95. The smallest absolute Gasteiger partial charge is 0.338 e. The van der Waals surface area contributed by atoms with Crippen molar-refractivity contribution in [2.24, 2.45) is 5.10 Å². The summed E-state index contributed by atoms with van der Waals surface area (Å²) in [7, 11) is 0. The Kier molecular flexibility index (Phi) is 9.23. The van der Waals surface area contributed by atoms with Gasteiger partial charge in [0.05, 0.1) is 34.5 Å². The van der Waals surface area contributed by atoms with E-state index in [1.807, 2.05) is 0 Å². The van der Waals surface area contributed by atoms with E-state index in [2.05, 4.69) is 21.2 Å². The van der Waals surface area contributed by atoms with E-state index >= 15 is 0 Å². The molecule has 1 aliphatic rings. The number of halogens is 2. The van der Waals surface area contributed by atoms with E-state index in [1.54, 1.807) is 68.4 Å². The Balaban J connectivity index is 1.40. The van der Waals surface area contributed by atoms with Gasteiger partial charge in [0.15, 0.2) is 11.7 Å². The molecule has 1 atom stereocenters. The highest BCUT2D eigenvalue weighted by molar-refractivity contribution is 7.80. The Morgan fingerprint density at radius 3 is 2.72 bits per heavy atom. The summed E-state index contributed by atoms with van der Waals surface area (Å²) in [5.74, 6) is 0.404. The highest BCUT2D eigenvalue weighted by Gasteiger charge is 2.32. The Bertz CT molecular complexity index is 1470. The normalized spacial score (nSPS) is 15.1. The van der Waals surface area contributed by atoms with Gasteiger partial charge in [0.25, 0.3) is 5.91 Å². The molecule has 0 bridgehead atoms. The summed E-state index contributed by atoms with van der Waals surface area (Å²) >= 11 is 17.3. The summed E-state index contributed by atoms with van der Waals surface area (Å²) in [4.78, 5) is 25.1. The van der Waals surface area contributed by atoms with Crippen molar-refractivity contribution in [3.63, 3.8) is 0 Å². The summed E-state index contributed by atoms with van der Waals surface area (Å²) in [6.45, 7) is 3.37. The number of allylic oxidation sites excluding steroid dienone is 1. The van der Waals surface area contributed by atoms with Gasteiger partial charge in [-0.25, -0.2) is 10.2 Å². The lowest BCUT2D eigenvalue weighted by Crippen LogP contribution is -2.45. The van der Waals surface area contributed by atoms with E-state index in [0.717, 1.165) is 5.56 Å². The first-order valence-electron chi connectivity index (χ1n) is 11.8. The predicted molar refractivity (Wildman–Crippen MR) is 153 cm³/mol. The van der Waals surface area contributed by atoms with Crippen LogP contribution in [0.4, 0.5) is 0 Å². The number of hydrogen-bond donors (Lipinski definition) is 3. The van der Waals surface area contributed by atoms with Crippen molar-refractivity contribution >= 4 is 58.6 Å². The lowest BCUT2D eigenvalue weighted by Gasteiger charge is -2.30. The average molecular weight is 587 g/mol. The molecule has 2 aromatic carbocycles. The number of thiocarbonyl (C=S) groups is 1. The maximum atomic E-state index is 12.7. The summed E-state index contributed by atoms with van der Waals surface area (Å²) in [6, 6.07) is 15.0. The van der Waals surface area contributed by atoms with E-state index in [0.29, 0.717) is 49.3 Å². The number of nitrogens with zero attached hydrogens (tertiary/aromatic N) is 1. The minimum atomic E-state index is -0.626. The molecule has 3 N–H and O–H groups in total. The third-order valence-electron chi connectivity index (χ3n) is 5.57. The number of para-hydroxylation sites is 1. The number of benzene rings is 2. The lowest BCUT2D eigenvalue weighted by molar-refractivity contribution is -0.139.